The summed E-state index contributed by atoms with van der Waals surface area (Å²) in [6, 6.07) is 5.17. The Bertz CT molecular complexity index is 544. The quantitative estimate of drug-likeness (QED) is 0.654. The van der Waals surface area contributed by atoms with E-state index in [0.717, 1.165) is 0 Å². The van der Waals surface area contributed by atoms with Crippen molar-refractivity contribution in [2.45, 2.75) is 13.0 Å². The highest BCUT2D eigenvalue weighted by molar-refractivity contribution is 7.91. The molecule has 2 N–H and O–H groups in total. The van der Waals surface area contributed by atoms with Gasteiger partial charge in [0.05, 0.1) is 26.1 Å². The summed E-state index contributed by atoms with van der Waals surface area (Å²) < 4.78 is 33.0. The first-order valence-electron chi connectivity index (χ1n) is 6.74. The van der Waals surface area contributed by atoms with E-state index in [4.69, 9.17) is 9.47 Å². The molecule has 6 nitrogen and oxygen atoms in total. The zero-order chi connectivity index (χ0) is 15.9. The van der Waals surface area contributed by atoms with Gasteiger partial charge in [-0.25, -0.2) is 8.42 Å². The molecule has 1 aromatic rings. The van der Waals surface area contributed by atoms with Crippen LogP contribution in [0.4, 0.5) is 0 Å². The number of hydrogen-bond acceptors (Lipinski definition) is 6. The minimum atomic E-state index is -2.99. The Morgan fingerprint density at radius 2 is 2.00 bits per heavy atom. The summed E-state index contributed by atoms with van der Waals surface area (Å²) in [4.78, 5) is 0. The lowest BCUT2D eigenvalue weighted by Crippen LogP contribution is -2.28. The number of nitrogens with one attached hydrogen (secondary N) is 1. The average Bonchev–Trinajstić information content (AvgIpc) is 2.50. The van der Waals surface area contributed by atoms with Gasteiger partial charge in [-0.2, -0.15) is 0 Å². The summed E-state index contributed by atoms with van der Waals surface area (Å²) in [5.41, 5.74) is 0.600. The third-order valence-electron chi connectivity index (χ3n) is 3.16. The smallest absolute Gasteiger partial charge is 0.151 e. The molecule has 1 aromatic carbocycles. The predicted molar refractivity (Wildman–Crippen MR) is 81.7 cm³/mol. The van der Waals surface area contributed by atoms with Crippen LogP contribution in [0.3, 0.4) is 0 Å². The Labute approximate surface area is 126 Å². The zero-order valence-corrected chi connectivity index (χ0v) is 13.4. The van der Waals surface area contributed by atoms with Crippen molar-refractivity contribution in [1.29, 1.82) is 0 Å². The highest BCUT2D eigenvalue weighted by atomic mass is 32.2. The van der Waals surface area contributed by atoms with Crippen LogP contribution in [-0.4, -0.2) is 52.3 Å². The van der Waals surface area contributed by atoms with Crippen LogP contribution in [0.5, 0.6) is 11.5 Å². The van der Waals surface area contributed by atoms with Crippen molar-refractivity contribution in [2.75, 3.05) is 38.8 Å². The van der Waals surface area contributed by atoms with E-state index in [9.17, 15) is 13.5 Å². The number of ether oxygens (including phenoxy) is 2. The fourth-order valence-electron chi connectivity index (χ4n) is 1.82. The number of aliphatic hydroxyl groups is 1. The van der Waals surface area contributed by atoms with Crippen LogP contribution in [0, 0.1) is 0 Å². The van der Waals surface area contributed by atoms with Crippen molar-refractivity contribution >= 4 is 9.84 Å². The molecule has 7 heteroatoms. The van der Waals surface area contributed by atoms with E-state index in [2.05, 4.69) is 5.32 Å². The Balaban J connectivity index is 2.61. The molecular formula is C14H23NO5S. The van der Waals surface area contributed by atoms with Crippen molar-refractivity contribution in [3.05, 3.63) is 23.8 Å². The summed E-state index contributed by atoms with van der Waals surface area (Å²) in [6.07, 6.45) is -0.806. The fourth-order valence-corrected chi connectivity index (χ4v) is 2.56. The number of sulfone groups is 1. The molecule has 21 heavy (non-hydrogen) atoms. The maximum atomic E-state index is 11.4. The van der Waals surface area contributed by atoms with E-state index in [1.54, 1.807) is 32.2 Å². The first-order chi connectivity index (χ1) is 9.93. The lowest BCUT2D eigenvalue weighted by atomic mass is 10.1. The second kappa shape index (κ2) is 8.21. The topological polar surface area (TPSA) is 84.9 Å². The highest BCUT2D eigenvalue weighted by Crippen LogP contribution is 2.28. The first kappa shape index (κ1) is 17.7. The second-order valence-corrected chi connectivity index (χ2v) is 7.04. The molecule has 0 aliphatic rings. The van der Waals surface area contributed by atoms with E-state index in [0.29, 0.717) is 23.6 Å². The van der Waals surface area contributed by atoms with E-state index in [-0.39, 0.29) is 18.1 Å². The van der Waals surface area contributed by atoms with Crippen molar-refractivity contribution in [3.63, 3.8) is 0 Å². The van der Waals surface area contributed by atoms with Gasteiger partial charge in [0.2, 0.25) is 0 Å². The molecular weight excluding hydrogens is 294 g/mol. The van der Waals surface area contributed by atoms with Gasteiger partial charge < -0.3 is 19.9 Å². The molecule has 0 radical (unpaired) electrons. The number of rotatable bonds is 9. The van der Waals surface area contributed by atoms with E-state index < -0.39 is 15.9 Å². The molecule has 0 heterocycles. The molecule has 0 spiro atoms. The molecule has 120 valence electrons. The third-order valence-corrected chi connectivity index (χ3v) is 4.87. The number of aliphatic hydroxyl groups excluding tert-OH is 1. The molecule has 0 saturated heterocycles. The Hall–Kier alpha value is -1.31. The monoisotopic (exact) mass is 317 g/mol. The largest absolute Gasteiger partial charge is 0.497 e. The molecule has 0 aromatic heterocycles. The molecule has 1 rings (SSSR count). The SMILES string of the molecule is CCS(=O)(=O)CCNCC(O)c1cc(OC)ccc1OC. The summed E-state index contributed by atoms with van der Waals surface area (Å²) in [5, 5.41) is 13.1. The number of hydrogen-bond donors (Lipinski definition) is 2. The molecule has 1 atom stereocenters. The normalized spacial score (nSPS) is 13.0. The van der Waals surface area contributed by atoms with Crippen LogP contribution < -0.4 is 14.8 Å². The van der Waals surface area contributed by atoms with Crippen LogP contribution in [-0.2, 0) is 9.84 Å². The predicted octanol–water partition coefficient (Wildman–Crippen LogP) is 0.762. The van der Waals surface area contributed by atoms with Gasteiger partial charge >= 0.3 is 0 Å². The van der Waals surface area contributed by atoms with E-state index >= 15 is 0 Å². The Morgan fingerprint density at radius 1 is 1.29 bits per heavy atom. The minimum Gasteiger partial charge on any atom is -0.497 e. The summed E-state index contributed by atoms with van der Waals surface area (Å²) in [6.45, 7) is 2.16. The fraction of sp³-hybridized carbons (Fsp3) is 0.571. The van der Waals surface area contributed by atoms with Crippen LogP contribution in [0.15, 0.2) is 18.2 Å². The minimum absolute atomic E-state index is 0.0610. The van der Waals surface area contributed by atoms with Crippen molar-refractivity contribution in [2.24, 2.45) is 0 Å². The van der Waals surface area contributed by atoms with Crippen LogP contribution >= 0.6 is 0 Å². The maximum absolute atomic E-state index is 11.4. The molecule has 1 unspecified atom stereocenters. The van der Waals surface area contributed by atoms with Gasteiger partial charge in [-0.1, -0.05) is 6.92 Å². The third kappa shape index (κ3) is 5.53. The van der Waals surface area contributed by atoms with Gasteiger partial charge in [0, 0.05) is 24.4 Å². The molecule has 0 amide bonds. The zero-order valence-electron chi connectivity index (χ0n) is 12.6. The average molecular weight is 317 g/mol. The van der Waals surface area contributed by atoms with Gasteiger partial charge in [-0.15, -0.1) is 0 Å². The first-order valence-corrected chi connectivity index (χ1v) is 8.56. The standard InChI is InChI=1S/C14H23NO5S/c1-4-21(17,18)8-7-15-10-13(16)12-9-11(19-2)5-6-14(12)20-3/h5-6,9,13,15-16H,4,7-8,10H2,1-3H3. The van der Waals surface area contributed by atoms with Gasteiger partial charge in [0.15, 0.2) is 9.84 Å². The molecule has 0 aliphatic heterocycles. The molecule has 0 bridgehead atoms. The van der Waals surface area contributed by atoms with Crippen molar-refractivity contribution < 1.29 is 23.0 Å². The van der Waals surface area contributed by atoms with Gasteiger partial charge in [-0.3, -0.25) is 0 Å². The lowest BCUT2D eigenvalue weighted by Gasteiger charge is -2.16. The number of methoxy groups -OCH3 is 2. The lowest BCUT2D eigenvalue weighted by molar-refractivity contribution is 0.171. The Kier molecular flexibility index (Phi) is 6.94. The number of benzene rings is 1. The van der Waals surface area contributed by atoms with E-state index in [1.807, 2.05) is 0 Å². The van der Waals surface area contributed by atoms with Crippen LogP contribution in [0.2, 0.25) is 0 Å². The van der Waals surface area contributed by atoms with Gasteiger partial charge in [-0.05, 0) is 18.2 Å². The summed E-state index contributed by atoms with van der Waals surface area (Å²) in [5.74, 6) is 1.37. The second-order valence-electron chi connectivity index (χ2n) is 4.56. The molecule has 0 aliphatic carbocycles. The van der Waals surface area contributed by atoms with E-state index in [1.165, 1.54) is 7.11 Å². The van der Waals surface area contributed by atoms with Crippen molar-refractivity contribution in [3.8, 4) is 11.5 Å². The Morgan fingerprint density at radius 3 is 2.57 bits per heavy atom. The summed E-state index contributed by atoms with van der Waals surface area (Å²) >= 11 is 0. The molecule has 0 fully saturated rings. The van der Waals surface area contributed by atoms with Crippen LogP contribution in [0.1, 0.15) is 18.6 Å². The van der Waals surface area contributed by atoms with Crippen molar-refractivity contribution in [1.82, 2.24) is 5.32 Å². The summed E-state index contributed by atoms with van der Waals surface area (Å²) in [7, 11) is 0.0801. The maximum Gasteiger partial charge on any atom is 0.151 e. The highest BCUT2D eigenvalue weighted by Gasteiger charge is 2.15. The van der Waals surface area contributed by atoms with Gasteiger partial charge in [0.25, 0.3) is 0 Å². The van der Waals surface area contributed by atoms with Gasteiger partial charge in [0.1, 0.15) is 11.5 Å². The van der Waals surface area contributed by atoms with Crippen LogP contribution in [0.25, 0.3) is 0 Å². The molecule has 0 saturated carbocycles.